The molecule has 0 radical (unpaired) electrons. The van der Waals surface area contributed by atoms with E-state index in [1.807, 2.05) is 60.0 Å². The van der Waals surface area contributed by atoms with Crippen LogP contribution in [-0.2, 0) is 23.4 Å². The number of ether oxygens (including phenoxy) is 1. The van der Waals surface area contributed by atoms with Crippen molar-refractivity contribution in [1.29, 1.82) is 0 Å². The van der Waals surface area contributed by atoms with Crippen LogP contribution in [0.2, 0.25) is 0 Å². The van der Waals surface area contributed by atoms with E-state index in [-0.39, 0.29) is 17.1 Å². The van der Waals surface area contributed by atoms with Gasteiger partial charge >= 0.3 is 0 Å². The van der Waals surface area contributed by atoms with E-state index in [9.17, 15) is 4.79 Å². The van der Waals surface area contributed by atoms with E-state index in [0.29, 0.717) is 18.3 Å². The zero-order valence-electron chi connectivity index (χ0n) is 17.9. The number of nitrogens with one attached hydrogen (secondary N) is 1. The van der Waals surface area contributed by atoms with Crippen molar-refractivity contribution >= 4 is 23.4 Å². The smallest absolute Gasteiger partial charge is 0.234 e. The number of anilines is 1. The number of nitrogens with zero attached hydrogens (tertiary/aromatic N) is 3. The quantitative estimate of drug-likeness (QED) is 0.521. The number of hydrogen-bond acceptors (Lipinski definition) is 5. The summed E-state index contributed by atoms with van der Waals surface area (Å²) >= 11 is 1.38. The molecule has 0 spiro atoms. The van der Waals surface area contributed by atoms with Crippen molar-refractivity contribution in [3.05, 3.63) is 66.0 Å². The fourth-order valence-corrected chi connectivity index (χ4v) is 3.90. The highest BCUT2D eigenvalue weighted by Crippen LogP contribution is 2.29. The summed E-state index contributed by atoms with van der Waals surface area (Å²) < 4.78 is 7.76. The third-order valence-electron chi connectivity index (χ3n) is 4.56. The third kappa shape index (κ3) is 5.63. The summed E-state index contributed by atoms with van der Waals surface area (Å²) in [6, 6.07) is 17.5. The summed E-state index contributed by atoms with van der Waals surface area (Å²) in [6.07, 6.45) is 0. The van der Waals surface area contributed by atoms with E-state index in [1.165, 1.54) is 11.8 Å². The van der Waals surface area contributed by atoms with Gasteiger partial charge in [0.05, 0.1) is 5.75 Å². The predicted molar refractivity (Wildman–Crippen MR) is 121 cm³/mol. The largest absolute Gasteiger partial charge is 0.486 e. The molecule has 0 atom stereocenters. The van der Waals surface area contributed by atoms with Crippen LogP contribution in [0.4, 0.5) is 5.69 Å². The minimum atomic E-state index is -0.0653. The van der Waals surface area contributed by atoms with Crippen LogP contribution in [0.5, 0.6) is 5.75 Å². The van der Waals surface area contributed by atoms with Crippen molar-refractivity contribution in [3.8, 4) is 5.75 Å². The number of rotatable bonds is 8. The van der Waals surface area contributed by atoms with Gasteiger partial charge in [-0.2, -0.15) is 0 Å². The van der Waals surface area contributed by atoms with E-state index in [1.54, 1.807) is 0 Å². The molecule has 3 aromatic rings. The number of carbonyl (C=O) groups excluding carboxylic acids is 1. The lowest BCUT2D eigenvalue weighted by Crippen LogP contribution is -2.20. The van der Waals surface area contributed by atoms with Gasteiger partial charge in [0.1, 0.15) is 12.4 Å². The minimum absolute atomic E-state index is 0.0486. The average Bonchev–Trinajstić information content (AvgIpc) is 3.13. The fraction of sp³-hybridized carbons (Fsp3) is 0.348. The van der Waals surface area contributed by atoms with Gasteiger partial charge in [-0.05, 0) is 36.1 Å². The van der Waals surface area contributed by atoms with Crippen LogP contribution < -0.4 is 10.1 Å². The second kappa shape index (κ2) is 9.80. The number of thioether (sulfide) groups is 1. The first-order valence-electron chi connectivity index (χ1n) is 10.0. The van der Waals surface area contributed by atoms with Gasteiger partial charge in [0.2, 0.25) is 5.91 Å². The normalized spacial score (nSPS) is 11.3. The maximum absolute atomic E-state index is 12.6. The highest BCUT2D eigenvalue weighted by atomic mass is 32.2. The van der Waals surface area contributed by atoms with Crippen molar-refractivity contribution in [1.82, 2.24) is 14.8 Å². The molecular formula is C23H28N4O2S. The second-order valence-electron chi connectivity index (χ2n) is 7.88. The summed E-state index contributed by atoms with van der Waals surface area (Å²) in [5, 5.41) is 12.2. The summed E-state index contributed by atoms with van der Waals surface area (Å²) in [6.45, 7) is 9.47. The van der Waals surface area contributed by atoms with Crippen molar-refractivity contribution in [2.75, 3.05) is 11.1 Å². The van der Waals surface area contributed by atoms with Gasteiger partial charge in [-0.15, -0.1) is 10.2 Å². The van der Waals surface area contributed by atoms with Crippen molar-refractivity contribution < 1.29 is 9.53 Å². The van der Waals surface area contributed by atoms with E-state index in [2.05, 4.69) is 42.4 Å². The van der Waals surface area contributed by atoms with Gasteiger partial charge < -0.3 is 14.6 Å². The lowest BCUT2D eigenvalue weighted by molar-refractivity contribution is -0.113. The number of benzene rings is 2. The Morgan fingerprint density at radius 3 is 2.47 bits per heavy atom. The molecule has 0 saturated heterocycles. The van der Waals surface area contributed by atoms with Crippen molar-refractivity contribution in [2.24, 2.45) is 0 Å². The predicted octanol–water partition coefficient (Wildman–Crippen LogP) is 4.91. The maximum atomic E-state index is 12.6. The Kier molecular flexibility index (Phi) is 7.15. The van der Waals surface area contributed by atoms with E-state index < -0.39 is 0 Å². The topological polar surface area (TPSA) is 69.0 Å². The van der Waals surface area contributed by atoms with Crippen LogP contribution in [0.1, 0.15) is 39.1 Å². The first-order chi connectivity index (χ1) is 14.4. The Labute approximate surface area is 182 Å². The molecule has 6 nitrogen and oxygen atoms in total. The molecule has 0 aliphatic carbocycles. The van der Waals surface area contributed by atoms with E-state index in [4.69, 9.17) is 4.74 Å². The van der Waals surface area contributed by atoms with Crippen LogP contribution in [-0.4, -0.2) is 26.4 Å². The third-order valence-corrected chi connectivity index (χ3v) is 5.53. The Hall–Kier alpha value is -2.80. The van der Waals surface area contributed by atoms with E-state index >= 15 is 0 Å². The van der Waals surface area contributed by atoms with Gasteiger partial charge in [-0.25, -0.2) is 0 Å². The molecular weight excluding hydrogens is 396 g/mol. The number of aromatic nitrogens is 3. The molecule has 30 heavy (non-hydrogen) atoms. The maximum Gasteiger partial charge on any atom is 0.234 e. The number of para-hydroxylation sites is 2. The molecule has 0 aliphatic heterocycles. The Morgan fingerprint density at radius 2 is 1.77 bits per heavy atom. The molecule has 3 rings (SSSR count). The molecule has 0 fully saturated rings. The summed E-state index contributed by atoms with van der Waals surface area (Å²) in [5.41, 5.74) is 1.91. The Balaban J connectivity index is 1.61. The summed E-state index contributed by atoms with van der Waals surface area (Å²) in [4.78, 5) is 12.6. The lowest BCUT2D eigenvalue weighted by Gasteiger charge is -2.22. The minimum Gasteiger partial charge on any atom is -0.486 e. The van der Waals surface area contributed by atoms with Crippen LogP contribution in [0.3, 0.4) is 0 Å². The van der Waals surface area contributed by atoms with Crippen molar-refractivity contribution in [3.63, 3.8) is 0 Å². The first kappa shape index (κ1) is 21.9. The molecule has 0 bridgehead atoms. The molecule has 158 valence electrons. The Morgan fingerprint density at radius 1 is 1.07 bits per heavy atom. The lowest BCUT2D eigenvalue weighted by atomic mass is 9.86. The van der Waals surface area contributed by atoms with Gasteiger partial charge in [0.15, 0.2) is 11.0 Å². The first-order valence-corrected chi connectivity index (χ1v) is 11.0. The average molecular weight is 425 g/mol. The zero-order valence-corrected chi connectivity index (χ0v) is 18.7. The van der Waals surface area contributed by atoms with Gasteiger partial charge in [-0.1, -0.05) is 68.9 Å². The molecule has 1 amide bonds. The zero-order chi connectivity index (χ0) is 21.6. The van der Waals surface area contributed by atoms with Crippen LogP contribution in [0, 0.1) is 0 Å². The molecule has 1 N–H and O–H groups in total. The van der Waals surface area contributed by atoms with Gasteiger partial charge in [0, 0.05) is 12.2 Å². The highest BCUT2D eigenvalue weighted by Gasteiger charge is 2.19. The van der Waals surface area contributed by atoms with Gasteiger partial charge in [0.25, 0.3) is 0 Å². The van der Waals surface area contributed by atoms with Crippen molar-refractivity contribution in [2.45, 2.75) is 51.4 Å². The van der Waals surface area contributed by atoms with E-state index in [0.717, 1.165) is 22.8 Å². The summed E-state index contributed by atoms with van der Waals surface area (Å²) in [5.74, 6) is 1.72. The standard InChI is InChI=1S/C23H28N4O2S/c1-5-27-20(15-29-17-11-7-6-8-12-17)25-26-22(27)30-16-21(28)24-19-14-10-9-13-18(19)23(2,3)4/h6-14H,5,15-16H2,1-4H3,(H,24,28). The highest BCUT2D eigenvalue weighted by molar-refractivity contribution is 7.99. The molecule has 2 aromatic carbocycles. The Bertz CT molecular complexity index is 980. The number of carbonyl (C=O) groups is 1. The SMILES string of the molecule is CCn1c(COc2ccccc2)nnc1SCC(=O)Nc1ccccc1C(C)(C)C. The molecule has 1 aromatic heterocycles. The number of amides is 1. The fourth-order valence-electron chi connectivity index (χ4n) is 3.08. The molecule has 1 heterocycles. The molecule has 0 aliphatic rings. The number of hydrogen-bond donors (Lipinski definition) is 1. The second-order valence-corrected chi connectivity index (χ2v) is 8.82. The monoisotopic (exact) mass is 424 g/mol. The molecule has 0 unspecified atom stereocenters. The van der Waals surface area contributed by atoms with Crippen LogP contribution in [0.25, 0.3) is 0 Å². The molecule has 0 saturated carbocycles. The van der Waals surface area contributed by atoms with Crippen LogP contribution >= 0.6 is 11.8 Å². The van der Waals surface area contributed by atoms with Crippen LogP contribution in [0.15, 0.2) is 59.8 Å². The summed E-state index contributed by atoms with van der Waals surface area (Å²) in [7, 11) is 0. The van der Waals surface area contributed by atoms with Gasteiger partial charge in [-0.3, -0.25) is 4.79 Å². The molecule has 7 heteroatoms.